The van der Waals surface area contributed by atoms with Gasteiger partial charge in [-0.15, -0.1) is 0 Å². The van der Waals surface area contributed by atoms with Crippen molar-refractivity contribution in [1.29, 1.82) is 0 Å². The molecule has 1 aliphatic heterocycles. The summed E-state index contributed by atoms with van der Waals surface area (Å²) in [6.45, 7) is 7.82. The molecule has 4 heteroatoms. The second kappa shape index (κ2) is 4.94. The van der Waals surface area contributed by atoms with Crippen molar-refractivity contribution in [1.82, 2.24) is 10.2 Å². The highest BCUT2D eigenvalue weighted by Crippen LogP contribution is 2.11. The van der Waals surface area contributed by atoms with Crippen LogP contribution in [0.4, 0.5) is 0 Å². The molecule has 2 N–H and O–H groups in total. The molecule has 0 aromatic carbocycles. The molecule has 1 unspecified atom stereocenters. The quantitative estimate of drug-likeness (QED) is 0.710. The minimum atomic E-state index is -0.688. The van der Waals surface area contributed by atoms with Gasteiger partial charge in [-0.25, -0.2) is 0 Å². The number of amides is 1. The number of nitrogens with zero attached hydrogens (tertiary/aromatic N) is 1. The van der Waals surface area contributed by atoms with Gasteiger partial charge in [0.2, 0.25) is 5.91 Å². The summed E-state index contributed by atoms with van der Waals surface area (Å²) in [6, 6.07) is -0.0273. The van der Waals surface area contributed by atoms with Gasteiger partial charge in [-0.1, -0.05) is 6.92 Å². The molecule has 0 saturated carbocycles. The van der Waals surface area contributed by atoms with Crippen LogP contribution < -0.4 is 5.32 Å². The standard InChI is InChI=1S/C11H22N2O2/c1-4-9-10(14)13(8-6-12-9)7-5-11(2,3)15/h9,12,15H,4-8H2,1-3H3. The predicted molar refractivity (Wildman–Crippen MR) is 59.6 cm³/mol. The van der Waals surface area contributed by atoms with E-state index < -0.39 is 5.60 Å². The van der Waals surface area contributed by atoms with E-state index in [-0.39, 0.29) is 11.9 Å². The molecule has 1 saturated heterocycles. The maximum Gasteiger partial charge on any atom is 0.239 e. The van der Waals surface area contributed by atoms with Crippen LogP contribution in [-0.2, 0) is 4.79 Å². The molecule has 0 spiro atoms. The molecule has 1 aliphatic rings. The van der Waals surface area contributed by atoms with Gasteiger partial charge in [-0.2, -0.15) is 0 Å². The van der Waals surface area contributed by atoms with Crippen LogP contribution >= 0.6 is 0 Å². The summed E-state index contributed by atoms with van der Waals surface area (Å²) < 4.78 is 0. The molecule has 4 nitrogen and oxygen atoms in total. The number of nitrogens with one attached hydrogen (secondary N) is 1. The van der Waals surface area contributed by atoms with Crippen molar-refractivity contribution >= 4 is 5.91 Å². The highest BCUT2D eigenvalue weighted by molar-refractivity contribution is 5.82. The van der Waals surface area contributed by atoms with E-state index in [4.69, 9.17) is 0 Å². The van der Waals surface area contributed by atoms with Gasteiger partial charge in [0.05, 0.1) is 11.6 Å². The van der Waals surface area contributed by atoms with Crippen molar-refractivity contribution in [3.8, 4) is 0 Å². The largest absolute Gasteiger partial charge is 0.390 e. The Morgan fingerprint density at radius 3 is 2.80 bits per heavy atom. The zero-order valence-electron chi connectivity index (χ0n) is 9.92. The SMILES string of the molecule is CCC1NCCN(CCC(C)(C)O)C1=O. The van der Waals surface area contributed by atoms with E-state index in [2.05, 4.69) is 5.32 Å². The third-order valence-corrected chi connectivity index (χ3v) is 2.78. The van der Waals surface area contributed by atoms with Crippen LogP contribution in [0.15, 0.2) is 0 Å². The lowest BCUT2D eigenvalue weighted by Gasteiger charge is -2.34. The molecule has 15 heavy (non-hydrogen) atoms. The van der Waals surface area contributed by atoms with Gasteiger partial charge in [-0.3, -0.25) is 4.79 Å². The van der Waals surface area contributed by atoms with Crippen molar-refractivity contribution in [3.05, 3.63) is 0 Å². The number of piperazine rings is 1. The van der Waals surface area contributed by atoms with Crippen molar-refractivity contribution in [2.24, 2.45) is 0 Å². The Bertz CT molecular complexity index is 223. The first-order valence-electron chi connectivity index (χ1n) is 5.68. The molecule has 0 aromatic heterocycles. The minimum Gasteiger partial charge on any atom is -0.390 e. The maximum absolute atomic E-state index is 11.9. The Hall–Kier alpha value is -0.610. The normalized spacial score (nSPS) is 23.3. The molecule has 1 amide bonds. The Labute approximate surface area is 91.6 Å². The highest BCUT2D eigenvalue weighted by atomic mass is 16.3. The molecule has 88 valence electrons. The topological polar surface area (TPSA) is 52.6 Å². The molecule has 1 rings (SSSR count). The summed E-state index contributed by atoms with van der Waals surface area (Å²) in [5.41, 5.74) is -0.688. The third-order valence-electron chi connectivity index (χ3n) is 2.78. The average Bonchev–Trinajstić information content (AvgIpc) is 2.15. The smallest absolute Gasteiger partial charge is 0.239 e. The van der Waals surface area contributed by atoms with Crippen molar-refractivity contribution < 1.29 is 9.90 Å². The molecule has 1 atom stereocenters. The van der Waals surface area contributed by atoms with Crippen LogP contribution in [0.1, 0.15) is 33.6 Å². The van der Waals surface area contributed by atoms with E-state index in [0.29, 0.717) is 13.0 Å². The fraction of sp³-hybridized carbons (Fsp3) is 0.909. The summed E-state index contributed by atoms with van der Waals surface area (Å²) in [6.07, 6.45) is 1.47. The number of rotatable bonds is 4. The van der Waals surface area contributed by atoms with Gasteiger partial charge in [0.1, 0.15) is 0 Å². The van der Waals surface area contributed by atoms with Gasteiger partial charge in [-0.05, 0) is 26.7 Å². The van der Waals surface area contributed by atoms with Gasteiger partial charge in [0.15, 0.2) is 0 Å². The number of hydrogen-bond acceptors (Lipinski definition) is 3. The Morgan fingerprint density at radius 2 is 2.27 bits per heavy atom. The van der Waals surface area contributed by atoms with Crippen LogP contribution in [0.25, 0.3) is 0 Å². The summed E-state index contributed by atoms with van der Waals surface area (Å²) >= 11 is 0. The van der Waals surface area contributed by atoms with Gasteiger partial charge in [0.25, 0.3) is 0 Å². The lowest BCUT2D eigenvalue weighted by atomic mass is 10.0. The molecule has 0 bridgehead atoms. The highest BCUT2D eigenvalue weighted by Gasteiger charge is 2.27. The van der Waals surface area contributed by atoms with Gasteiger partial charge >= 0.3 is 0 Å². The molecular weight excluding hydrogens is 192 g/mol. The van der Waals surface area contributed by atoms with Crippen molar-refractivity contribution in [2.75, 3.05) is 19.6 Å². The monoisotopic (exact) mass is 214 g/mol. The van der Waals surface area contributed by atoms with E-state index in [1.165, 1.54) is 0 Å². The lowest BCUT2D eigenvalue weighted by Crippen LogP contribution is -2.55. The van der Waals surface area contributed by atoms with E-state index in [1.54, 1.807) is 13.8 Å². The number of carbonyl (C=O) groups is 1. The zero-order chi connectivity index (χ0) is 11.5. The first-order valence-corrected chi connectivity index (χ1v) is 5.68. The molecule has 1 heterocycles. The van der Waals surface area contributed by atoms with E-state index in [0.717, 1.165) is 19.5 Å². The average molecular weight is 214 g/mol. The summed E-state index contributed by atoms with van der Waals surface area (Å²) in [4.78, 5) is 13.7. The van der Waals surface area contributed by atoms with Crippen molar-refractivity contribution in [3.63, 3.8) is 0 Å². The van der Waals surface area contributed by atoms with Crippen LogP contribution in [0.5, 0.6) is 0 Å². The molecule has 0 aromatic rings. The van der Waals surface area contributed by atoms with Gasteiger partial charge < -0.3 is 15.3 Å². The summed E-state index contributed by atoms with van der Waals surface area (Å²) in [7, 11) is 0. The summed E-state index contributed by atoms with van der Waals surface area (Å²) in [5, 5.41) is 12.8. The maximum atomic E-state index is 11.9. The predicted octanol–water partition coefficient (Wildman–Crippen LogP) is 0.358. The minimum absolute atomic E-state index is 0.0273. The number of aliphatic hydroxyl groups is 1. The first kappa shape index (κ1) is 12.5. The van der Waals surface area contributed by atoms with Crippen LogP contribution in [0, 0.1) is 0 Å². The number of carbonyl (C=O) groups excluding carboxylic acids is 1. The molecular formula is C11H22N2O2. The Balaban J connectivity index is 2.44. The second-order valence-electron chi connectivity index (χ2n) is 4.80. The fourth-order valence-electron chi connectivity index (χ4n) is 1.74. The number of hydrogen-bond donors (Lipinski definition) is 2. The van der Waals surface area contributed by atoms with E-state index in [1.807, 2.05) is 11.8 Å². The Morgan fingerprint density at radius 1 is 1.60 bits per heavy atom. The van der Waals surface area contributed by atoms with E-state index >= 15 is 0 Å². The fourth-order valence-corrected chi connectivity index (χ4v) is 1.74. The third kappa shape index (κ3) is 3.80. The van der Waals surface area contributed by atoms with Crippen LogP contribution in [0.3, 0.4) is 0 Å². The first-order chi connectivity index (χ1) is 6.94. The van der Waals surface area contributed by atoms with Gasteiger partial charge in [0, 0.05) is 19.6 Å². The molecule has 1 fully saturated rings. The lowest BCUT2D eigenvalue weighted by molar-refractivity contribution is -0.136. The van der Waals surface area contributed by atoms with Crippen LogP contribution in [0.2, 0.25) is 0 Å². The molecule has 0 radical (unpaired) electrons. The Kier molecular flexibility index (Phi) is 4.11. The van der Waals surface area contributed by atoms with E-state index in [9.17, 15) is 9.90 Å². The van der Waals surface area contributed by atoms with Crippen LogP contribution in [-0.4, -0.2) is 47.2 Å². The molecule has 0 aliphatic carbocycles. The second-order valence-corrected chi connectivity index (χ2v) is 4.80. The van der Waals surface area contributed by atoms with Crippen molar-refractivity contribution in [2.45, 2.75) is 45.3 Å². The summed E-state index contributed by atoms with van der Waals surface area (Å²) in [5.74, 6) is 0.174. The zero-order valence-corrected chi connectivity index (χ0v) is 9.92.